The van der Waals surface area contributed by atoms with Crippen LogP contribution in [0.3, 0.4) is 0 Å². The summed E-state index contributed by atoms with van der Waals surface area (Å²) < 4.78 is 1.50. The largest absolute Gasteiger partial charge is 0.481 e. The minimum Gasteiger partial charge on any atom is -0.481 e. The summed E-state index contributed by atoms with van der Waals surface area (Å²) in [4.78, 5) is 27.2. The van der Waals surface area contributed by atoms with Crippen LogP contribution >= 0.6 is 0 Å². The highest BCUT2D eigenvalue weighted by Crippen LogP contribution is 2.27. The van der Waals surface area contributed by atoms with Gasteiger partial charge in [0, 0.05) is 25.0 Å². The average Bonchev–Trinajstić information content (AvgIpc) is 2.85. The molecule has 2 aromatic rings. The van der Waals surface area contributed by atoms with Crippen LogP contribution < -0.4 is 5.32 Å². The summed E-state index contributed by atoms with van der Waals surface area (Å²) in [6.07, 6.45) is 6.15. The lowest BCUT2D eigenvalue weighted by molar-refractivity contribution is -0.145. The van der Waals surface area contributed by atoms with Crippen LogP contribution in [-0.4, -0.2) is 49.3 Å². The fraction of sp³-hybridized carbons (Fsp3) is 0.429. The number of aliphatic hydroxyl groups is 1. The van der Waals surface area contributed by atoms with Crippen LogP contribution in [0, 0.1) is 5.92 Å². The lowest BCUT2D eigenvalue weighted by Crippen LogP contribution is -2.46. The van der Waals surface area contributed by atoms with E-state index in [1.54, 1.807) is 12.4 Å². The van der Waals surface area contributed by atoms with Crippen molar-refractivity contribution in [3.8, 4) is 0 Å². The molecule has 0 radical (unpaired) electrons. The summed E-state index contributed by atoms with van der Waals surface area (Å²) in [6, 6.07) is -0.114. The summed E-state index contributed by atoms with van der Waals surface area (Å²) in [6.45, 7) is 0.0220. The highest BCUT2D eigenvalue weighted by molar-refractivity contribution is 5.99. The molecule has 8 heteroatoms. The second-order valence-corrected chi connectivity index (χ2v) is 5.44. The van der Waals surface area contributed by atoms with Crippen molar-refractivity contribution in [1.82, 2.24) is 19.9 Å². The predicted molar refractivity (Wildman–Crippen MR) is 75.4 cm³/mol. The SMILES string of the molecule is O=C(NC1CC(C(=O)O)C1)c1cnn2cc(CCO)cnc12. The Bertz CT molecular complexity index is 721. The van der Waals surface area contributed by atoms with E-state index in [1.807, 2.05) is 0 Å². The molecule has 0 bridgehead atoms. The quantitative estimate of drug-likeness (QED) is 0.707. The standard InChI is InChI=1S/C14H16N4O4/c19-2-1-8-5-15-12-11(6-16-18(12)7-8)13(20)17-10-3-9(4-10)14(21)22/h5-7,9-10,19H,1-4H2,(H,17,20)(H,21,22). The Morgan fingerprint density at radius 3 is 2.82 bits per heavy atom. The number of fused-ring (bicyclic) bond motifs is 1. The van der Waals surface area contributed by atoms with Gasteiger partial charge in [0.15, 0.2) is 5.65 Å². The van der Waals surface area contributed by atoms with E-state index in [-0.39, 0.29) is 24.5 Å². The van der Waals surface area contributed by atoms with E-state index in [2.05, 4.69) is 15.4 Å². The van der Waals surface area contributed by atoms with Crippen molar-refractivity contribution in [1.29, 1.82) is 0 Å². The fourth-order valence-corrected chi connectivity index (χ4v) is 2.53. The molecule has 1 aliphatic carbocycles. The van der Waals surface area contributed by atoms with Crippen LogP contribution in [0.1, 0.15) is 28.8 Å². The van der Waals surface area contributed by atoms with E-state index < -0.39 is 5.97 Å². The molecule has 0 spiro atoms. The highest BCUT2D eigenvalue weighted by atomic mass is 16.4. The molecule has 0 aromatic carbocycles. The molecule has 1 aliphatic rings. The van der Waals surface area contributed by atoms with E-state index >= 15 is 0 Å². The Balaban J connectivity index is 1.71. The molecule has 22 heavy (non-hydrogen) atoms. The molecule has 116 valence electrons. The molecule has 1 saturated carbocycles. The number of aromatic nitrogens is 3. The number of rotatable bonds is 5. The van der Waals surface area contributed by atoms with Crippen molar-refractivity contribution in [3.63, 3.8) is 0 Å². The van der Waals surface area contributed by atoms with Gasteiger partial charge in [0.05, 0.1) is 12.1 Å². The molecule has 1 fully saturated rings. The Morgan fingerprint density at radius 1 is 1.36 bits per heavy atom. The molecule has 3 rings (SSSR count). The van der Waals surface area contributed by atoms with Crippen molar-refractivity contribution >= 4 is 17.5 Å². The number of nitrogens with zero attached hydrogens (tertiary/aromatic N) is 3. The molecular formula is C14H16N4O4. The number of carboxylic acids is 1. The first kappa shape index (κ1) is 14.5. The first-order valence-corrected chi connectivity index (χ1v) is 7.05. The summed E-state index contributed by atoms with van der Waals surface area (Å²) in [5.74, 6) is -1.49. The number of carboxylic acid groups (broad SMARTS) is 1. The Labute approximate surface area is 125 Å². The molecule has 0 atom stereocenters. The first-order chi connectivity index (χ1) is 10.6. The zero-order valence-corrected chi connectivity index (χ0v) is 11.8. The summed E-state index contributed by atoms with van der Waals surface area (Å²) >= 11 is 0. The zero-order valence-electron chi connectivity index (χ0n) is 11.8. The Kier molecular flexibility index (Phi) is 3.76. The van der Waals surface area contributed by atoms with Crippen molar-refractivity contribution in [2.45, 2.75) is 25.3 Å². The highest BCUT2D eigenvalue weighted by Gasteiger charge is 2.35. The molecule has 0 aliphatic heterocycles. The van der Waals surface area contributed by atoms with E-state index in [4.69, 9.17) is 10.2 Å². The molecule has 0 saturated heterocycles. The van der Waals surface area contributed by atoms with E-state index in [0.29, 0.717) is 30.5 Å². The molecule has 0 unspecified atom stereocenters. The topological polar surface area (TPSA) is 117 Å². The van der Waals surface area contributed by atoms with E-state index in [0.717, 1.165) is 5.56 Å². The average molecular weight is 304 g/mol. The maximum Gasteiger partial charge on any atom is 0.306 e. The molecule has 8 nitrogen and oxygen atoms in total. The van der Waals surface area contributed by atoms with Gasteiger partial charge in [0.2, 0.25) is 0 Å². The van der Waals surface area contributed by atoms with Crippen molar-refractivity contribution < 1.29 is 19.8 Å². The second kappa shape index (κ2) is 5.72. The number of amides is 1. The van der Waals surface area contributed by atoms with Crippen LogP contribution in [0.5, 0.6) is 0 Å². The maximum absolute atomic E-state index is 12.2. The molecule has 2 aromatic heterocycles. The van der Waals surface area contributed by atoms with E-state index in [1.165, 1.54) is 10.7 Å². The van der Waals surface area contributed by atoms with E-state index in [9.17, 15) is 9.59 Å². The number of hydrogen-bond donors (Lipinski definition) is 3. The minimum absolute atomic E-state index is 0.0220. The van der Waals surface area contributed by atoms with Gasteiger partial charge >= 0.3 is 5.97 Å². The van der Waals surface area contributed by atoms with Crippen LogP contribution in [0.25, 0.3) is 5.65 Å². The Hall–Kier alpha value is -2.48. The van der Waals surface area contributed by atoms with Gasteiger partial charge in [-0.05, 0) is 24.8 Å². The number of nitrogens with one attached hydrogen (secondary N) is 1. The van der Waals surface area contributed by atoms with Gasteiger partial charge in [-0.15, -0.1) is 0 Å². The monoisotopic (exact) mass is 304 g/mol. The molecule has 3 N–H and O–H groups in total. The zero-order chi connectivity index (χ0) is 15.7. The summed E-state index contributed by atoms with van der Waals surface area (Å²) in [5, 5.41) is 24.6. The summed E-state index contributed by atoms with van der Waals surface area (Å²) in [7, 11) is 0. The number of aliphatic hydroxyl groups excluding tert-OH is 1. The van der Waals surface area contributed by atoms with Crippen molar-refractivity contribution in [2.24, 2.45) is 5.92 Å². The smallest absolute Gasteiger partial charge is 0.306 e. The third-order valence-electron chi connectivity index (χ3n) is 3.88. The first-order valence-electron chi connectivity index (χ1n) is 7.05. The number of aliphatic carboxylic acids is 1. The normalized spacial score (nSPS) is 20.6. The van der Waals surface area contributed by atoms with Gasteiger partial charge < -0.3 is 15.5 Å². The third kappa shape index (κ3) is 2.64. The molecule has 1 amide bonds. The van der Waals surface area contributed by atoms with Gasteiger partial charge in [-0.2, -0.15) is 5.10 Å². The van der Waals surface area contributed by atoms with Gasteiger partial charge in [-0.25, -0.2) is 9.50 Å². The van der Waals surface area contributed by atoms with Gasteiger partial charge in [-0.3, -0.25) is 9.59 Å². The van der Waals surface area contributed by atoms with Crippen LogP contribution in [0.2, 0.25) is 0 Å². The van der Waals surface area contributed by atoms with Crippen LogP contribution in [0.4, 0.5) is 0 Å². The Morgan fingerprint density at radius 2 is 2.14 bits per heavy atom. The second-order valence-electron chi connectivity index (χ2n) is 5.44. The van der Waals surface area contributed by atoms with Crippen molar-refractivity contribution in [2.75, 3.05) is 6.61 Å². The summed E-state index contributed by atoms with van der Waals surface area (Å²) in [5.41, 5.74) is 1.62. The minimum atomic E-state index is -0.820. The van der Waals surface area contributed by atoms with Crippen LogP contribution in [-0.2, 0) is 11.2 Å². The lowest BCUT2D eigenvalue weighted by atomic mass is 9.80. The third-order valence-corrected chi connectivity index (χ3v) is 3.88. The predicted octanol–water partition coefficient (Wildman–Crippen LogP) is -0.143. The van der Waals surface area contributed by atoms with Gasteiger partial charge in [-0.1, -0.05) is 0 Å². The van der Waals surface area contributed by atoms with Gasteiger partial charge in [0.1, 0.15) is 5.56 Å². The molecular weight excluding hydrogens is 288 g/mol. The number of hydrogen-bond acceptors (Lipinski definition) is 5. The number of carbonyl (C=O) groups excluding carboxylic acids is 1. The van der Waals surface area contributed by atoms with Gasteiger partial charge in [0.25, 0.3) is 5.91 Å². The maximum atomic E-state index is 12.2. The lowest BCUT2D eigenvalue weighted by Gasteiger charge is -2.32. The van der Waals surface area contributed by atoms with Crippen molar-refractivity contribution in [3.05, 3.63) is 29.7 Å². The fourth-order valence-electron chi connectivity index (χ4n) is 2.53. The van der Waals surface area contributed by atoms with Crippen LogP contribution in [0.15, 0.2) is 18.6 Å². The molecule has 2 heterocycles. The number of carbonyl (C=O) groups is 2.